The van der Waals surface area contributed by atoms with Gasteiger partial charge < -0.3 is 24.1 Å². The monoisotopic (exact) mass is 542 g/mol. The molecule has 3 N–H and O–H groups in total. The van der Waals surface area contributed by atoms with Crippen LogP contribution >= 0.6 is 0 Å². The van der Waals surface area contributed by atoms with E-state index in [2.05, 4.69) is 5.10 Å². The molecule has 1 aliphatic rings. The summed E-state index contributed by atoms with van der Waals surface area (Å²) in [6, 6.07) is 10.7. The quantitative estimate of drug-likeness (QED) is 0.130. The van der Waals surface area contributed by atoms with Gasteiger partial charge in [-0.05, 0) is 42.5 Å². The van der Waals surface area contributed by atoms with Crippen LogP contribution in [0.2, 0.25) is 0 Å². The molecule has 2 heterocycles. The third-order valence-electron chi connectivity index (χ3n) is 4.57. The molecule has 2 aromatic carbocycles. The van der Waals surface area contributed by atoms with Gasteiger partial charge in [-0.3, -0.25) is 29.8 Å². The number of imide groups is 1. The van der Waals surface area contributed by atoms with Gasteiger partial charge in [0.25, 0.3) is 0 Å². The number of rotatable bonds is 7. The van der Waals surface area contributed by atoms with Crippen LogP contribution in [-0.2, 0) is 4.79 Å². The molecule has 1 aliphatic heterocycles. The van der Waals surface area contributed by atoms with Gasteiger partial charge >= 0.3 is 11.9 Å². The van der Waals surface area contributed by atoms with Crippen LogP contribution in [0.1, 0.15) is 26.5 Å². The van der Waals surface area contributed by atoms with Gasteiger partial charge in [-0.15, -0.1) is 0 Å². The van der Waals surface area contributed by atoms with E-state index in [1.807, 2.05) is 5.32 Å². The van der Waals surface area contributed by atoms with Crippen LogP contribution in [0.5, 0.6) is 23.0 Å². The molecular weight excluding hydrogens is 520 g/mol. The molecule has 1 aromatic heterocycles. The predicted octanol–water partition coefficient (Wildman–Crippen LogP) is 2.50. The third kappa shape index (κ3) is 8.71. The minimum Gasteiger partial charge on any atom is -0.504 e. The molecule has 0 saturated carbocycles. The highest BCUT2D eigenvalue weighted by Gasteiger charge is 2.26. The molecule has 15 heteroatoms. The number of phenols is 2. The number of ether oxygens (including phenoxy) is 2. The molecule has 15 nitrogen and oxygen atoms in total. The van der Waals surface area contributed by atoms with Crippen LogP contribution in [0.25, 0.3) is 0 Å². The zero-order valence-corrected chi connectivity index (χ0v) is 20.5. The van der Waals surface area contributed by atoms with E-state index in [4.69, 9.17) is 24.1 Å². The molecule has 1 saturated heterocycles. The Morgan fingerprint density at radius 3 is 1.90 bits per heavy atom. The summed E-state index contributed by atoms with van der Waals surface area (Å²) in [7, 11) is 2.87. The number of nitro groups is 1. The maximum Gasteiger partial charge on any atom is 0.433 e. The number of methoxy groups -OCH3 is 2. The van der Waals surface area contributed by atoms with E-state index in [1.165, 1.54) is 56.7 Å². The molecule has 1 fully saturated rings. The van der Waals surface area contributed by atoms with Crippen molar-refractivity contribution in [1.29, 1.82) is 0 Å². The standard InChI is InChI=1S/C8H6N4O5.2C8H8O3/c13-6-4-11(8(14)10-6)9-3-5-1-2-7(17-5)12(15)16;2*1-11-8-4-6(5-9)2-3-7(8)10/h1-3H,4H2,(H,10,13,14);2*2-5,10H,1H3/b9-3+;;. The van der Waals surface area contributed by atoms with Gasteiger partial charge in [0.2, 0.25) is 5.91 Å². The number of carbonyl (C=O) groups excluding carboxylic acids is 4. The van der Waals surface area contributed by atoms with E-state index in [-0.39, 0.29) is 23.8 Å². The van der Waals surface area contributed by atoms with Gasteiger partial charge in [0, 0.05) is 11.1 Å². The van der Waals surface area contributed by atoms with Crippen molar-refractivity contribution in [3.05, 3.63) is 75.5 Å². The largest absolute Gasteiger partial charge is 0.504 e. The second-order valence-corrected chi connectivity index (χ2v) is 7.19. The first-order valence-electron chi connectivity index (χ1n) is 10.7. The number of phenolic OH excluding ortho intramolecular Hbond substituents is 2. The van der Waals surface area contributed by atoms with E-state index in [1.54, 1.807) is 0 Å². The van der Waals surface area contributed by atoms with Crippen LogP contribution in [0.4, 0.5) is 10.7 Å². The molecule has 0 unspecified atom stereocenters. The Balaban J connectivity index is 0.000000214. The molecule has 0 radical (unpaired) electrons. The van der Waals surface area contributed by atoms with E-state index in [0.29, 0.717) is 35.2 Å². The molecule has 39 heavy (non-hydrogen) atoms. The number of aldehydes is 2. The molecule has 3 aromatic rings. The number of hydrogen-bond donors (Lipinski definition) is 3. The number of urea groups is 1. The highest BCUT2D eigenvalue weighted by molar-refractivity contribution is 6.02. The van der Waals surface area contributed by atoms with E-state index < -0.39 is 22.7 Å². The van der Waals surface area contributed by atoms with Crippen molar-refractivity contribution >= 4 is 36.6 Å². The van der Waals surface area contributed by atoms with Crippen molar-refractivity contribution in [2.45, 2.75) is 0 Å². The maximum absolute atomic E-state index is 11.1. The lowest BCUT2D eigenvalue weighted by Crippen LogP contribution is -2.24. The molecule has 0 aliphatic carbocycles. The first kappa shape index (κ1) is 29.5. The Kier molecular flexibility index (Phi) is 10.7. The van der Waals surface area contributed by atoms with Crippen LogP contribution < -0.4 is 14.8 Å². The summed E-state index contributed by atoms with van der Waals surface area (Å²) in [6.45, 7) is -0.182. The third-order valence-corrected chi connectivity index (χ3v) is 4.57. The second kappa shape index (κ2) is 14.1. The fraction of sp³-hybridized carbons (Fsp3) is 0.125. The van der Waals surface area contributed by atoms with Crippen LogP contribution in [0.3, 0.4) is 0 Å². The SMILES string of the molecule is COc1cc(C=O)ccc1O.COc1cc(C=O)ccc1O.O=C1CN(/N=C/c2ccc([N+](=O)[O-])o2)C(=O)N1. The molecule has 3 amide bonds. The Hall–Kier alpha value is -5.73. The van der Waals surface area contributed by atoms with Crippen LogP contribution in [0, 0.1) is 10.1 Å². The predicted molar refractivity (Wildman–Crippen MR) is 133 cm³/mol. The van der Waals surface area contributed by atoms with Crippen molar-refractivity contribution in [1.82, 2.24) is 10.3 Å². The zero-order chi connectivity index (χ0) is 28.9. The summed E-state index contributed by atoms with van der Waals surface area (Å²) in [4.78, 5) is 52.0. The summed E-state index contributed by atoms with van der Waals surface area (Å²) in [5.74, 6) is -0.0600. The summed E-state index contributed by atoms with van der Waals surface area (Å²) in [5, 5.41) is 35.1. The Morgan fingerprint density at radius 2 is 1.51 bits per heavy atom. The molecule has 0 bridgehead atoms. The summed E-state index contributed by atoms with van der Waals surface area (Å²) in [5.41, 5.74) is 0.972. The van der Waals surface area contributed by atoms with Crippen LogP contribution in [-0.4, -0.2) is 71.6 Å². The number of nitrogens with one attached hydrogen (secondary N) is 1. The number of carbonyl (C=O) groups is 4. The topological polar surface area (TPSA) is 211 Å². The van der Waals surface area contributed by atoms with E-state index in [9.17, 15) is 29.3 Å². The van der Waals surface area contributed by atoms with Gasteiger partial charge in [-0.25, -0.2) is 9.80 Å². The summed E-state index contributed by atoms with van der Waals surface area (Å²) < 4.78 is 14.3. The van der Waals surface area contributed by atoms with Gasteiger partial charge in [-0.1, -0.05) is 0 Å². The minimum atomic E-state index is -0.691. The summed E-state index contributed by atoms with van der Waals surface area (Å²) >= 11 is 0. The molecule has 204 valence electrons. The average Bonchev–Trinajstić information content (AvgIpc) is 3.54. The number of nitrogens with zero attached hydrogens (tertiary/aromatic N) is 3. The number of benzene rings is 2. The minimum absolute atomic E-state index is 0.0399. The number of hydrogen-bond acceptors (Lipinski definition) is 12. The van der Waals surface area contributed by atoms with Crippen molar-refractivity contribution in [2.75, 3.05) is 20.8 Å². The lowest BCUT2D eigenvalue weighted by Gasteiger charge is -2.02. The highest BCUT2D eigenvalue weighted by Crippen LogP contribution is 2.26. The van der Waals surface area contributed by atoms with Gasteiger partial charge in [-0.2, -0.15) is 5.10 Å². The van der Waals surface area contributed by atoms with Crippen molar-refractivity contribution in [3.8, 4) is 23.0 Å². The molecule has 4 rings (SSSR count). The molecular formula is C24H22N4O11. The number of furan rings is 1. The van der Waals surface area contributed by atoms with E-state index in [0.717, 1.165) is 17.3 Å². The zero-order valence-electron chi connectivity index (χ0n) is 20.5. The first-order chi connectivity index (χ1) is 18.6. The fourth-order valence-electron chi connectivity index (χ4n) is 2.70. The number of hydrazone groups is 1. The second-order valence-electron chi connectivity index (χ2n) is 7.19. The van der Waals surface area contributed by atoms with Crippen molar-refractivity contribution in [2.24, 2.45) is 5.10 Å². The Bertz CT molecular complexity index is 1330. The first-order valence-corrected chi connectivity index (χ1v) is 10.7. The van der Waals surface area contributed by atoms with Crippen molar-refractivity contribution in [3.63, 3.8) is 0 Å². The highest BCUT2D eigenvalue weighted by atomic mass is 16.6. The van der Waals surface area contributed by atoms with Gasteiger partial charge in [0.05, 0.1) is 26.5 Å². The fourth-order valence-corrected chi connectivity index (χ4v) is 2.70. The number of amides is 3. The maximum atomic E-state index is 11.1. The lowest BCUT2D eigenvalue weighted by molar-refractivity contribution is -0.402. The molecule has 0 spiro atoms. The van der Waals surface area contributed by atoms with Gasteiger partial charge in [0.1, 0.15) is 24.0 Å². The smallest absolute Gasteiger partial charge is 0.433 e. The molecule has 0 atom stereocenters. The Labute approximate surface area is 220 Å². The Morgan fingerprint density at radius 1 is 0.974 bits per heavy atom. The van der Waals surface area contributed by atoms with Gasteiger partial charge in [0.15, 0.2) is 28.8 Å². The van der Waals surface area contributed by atoms with E-state index >= 15 is 0 Å². The lowest BCUT2D eigenvalue weighted by atomic mass is 10.2. The summed E-state index contributed by atoms with van der Waals surface area (Å²) in [6.07, 6.45) is 2.51. The van der Waals surface area contributed by atoms with Crippen LogP contribution in [0.15, 0.2) is 58.0 Å². The average molecular weight is 542 g/mol. The number of aromatic hydroxyl groups is 2. The normalized spacial score (nSPS) is 12.0. The van der Waals surface area contributed by atoms with Crippen molar-refractivity contribution < 1.29 is 48.2 Å².